The second-order valence-electron chi connectivity index (χ2n) is 5.63. The molecule has 0 fully saturated rings. The minimum absolute atomic E-state index is 0.238. The van der Waals surface area contributed by atoms with Crippen molar-refractivity contribution in [3.63, 3.8) is 0 Å². The summed E-state index contributed by atoms with van der Waals surface area (Å²) in [5.41, 5.74) is -0.888. The molecule has 0 saturated carbocycles. The number of benzene rings is 1. The van der Waals surface area contributed by atoms with Crippen LogP contribution in [0.1, 0.15) is 31.9 Å². The SMILES string of the molecule is CC(C)(C)NCc1ccc(OCC(F)F)c(C(F)(F)F)c1. The molecule has 2 nitrogen and oxygen atoms in total. The Hall–Kier alpha value is -1.37. The van der Waals surface area contributed by atoms with E-state index in [4.69, 9.17) is 0 Å². The van der Waals surface area contributed by atoms with Crippen molar-refractivity contribution in [2.75, 3.05) is 6.61 Å². The van der Waals surface area contributed by atoms with Crippen molar-refractivity contribution < 1.29 is 26.7 Å². The van der Waals surface area contributed by atoms with Crippen molar-refractivity contribution in [2.24, 2.45) is 0 Å². The van der Waals surface area contributed by atoms with Crippen LogP contribution in [-0.4, -0.2) is 18.6 Å². The topological polar surface area (TPSA) is 21.3 Å². The fourth-order valence-corrected chi connectivity index (χ4v) is 1.55. The van der Waals surface area contributed by atoms with E-state index >= 15 is 0 Å². The summed E-state index contributed by atoms with van der Waals surface area (Å²) in [6.07, 6.45) is -7.48. The first-order valence-corrected chi connectivity index (χ1v) is 6.35. The molecule has 120 valence electrons. The lowest BCUT2D eigenvalue weighted by atomic mass is 10.1. The third kappa shape index (κ3) is 6.29. The van der Waals surface area contributed by atoms with Gasteiger partial charge in [0.1, 0.15) is 12.4 Å². The van der Waals surface area contributed by atoms with Crippen molar-refractivity contribution >= 4 is 0 Å². The van der Waals surface area contributed by atoms with Crippen molar-refractivity contribution in [3.05, 3.63) is 29.3 Å². The minimum atomic E-state index is -4.66. The smallest absolute Gasteiger partial charge is 0.419 e. The number of nitrogens with one attached hydrogen (secondary N) is 1. The van der Waals surface area contributed by atoms with E-state index in [2.05, 4.69) is 10.1 Å². The van der Waals surface area contributed by atoms with Crippen LogP contribution in [0.3, 0.4) is 0 Å². The van der Waals surface area contributed by atoms with Crippen LogP contribution in [0, 0.1) is 0 Å². The van der Waals surface area contributed by atoms with Crippen LogP contribution in [0.25, 0.3) is 0 Å². The molecule has 0 aliphatic carbocycles. The molecule has 0 heterocycles. The van der Waals surface area contributed by atoms with Gasteiger partial charge in [-0.1, -0.05) is 6.07 Å². The van der Waals surface area contributed by atoms with Gasteiger partial charge >= 0.3 is 6.18 Å². The van der Waals surface area contributed by atoms with E-state index < -0.39 is 30.5 Å². The van der Waals surface area contributed by atoms with E-state index in [0.717, 1.165) is 12.1 Å². The van der Waals surface area contributed by atoms with Crippen LogP contribution < -0.4 is 10.1 Å². The number of rotatable bonds is 5. The Morgan fingerprint density at radius 3 is 2.24 bits per heavy atom. The summed E-state index contributed by atoms with van der Waals surface area (Å²) in [4.78, 5) is 0. The van der Waals surface area contributed by atoms with E-state index in [-0.39, 0.29) is 12.1 Å². The summed E-state index contributed by atoms with van der Waals surface area (Å²) in [5, 5.41) is 3.06. The van der Waals surface area contributed by atoms with E-state index in [1.807, 2.05) is 20.8 Å². The molecule has 1 aromatic rings. The average molecular weight is 311 g/mol. The van der Waals surface area contributed by atoms with Gasteiger partial charge in [-0.15, -0.1) is 0 Å². The molecular formula is C14H18F5NO. The molecule has 1 rings (SSSR count). The molecule has 0 spiro atoms. The summed E-state index contributed by atoms with van der Waals surface area (Å²) in [7, 11) is 0. The fraction of sp³-hybridized carbons (Fsp3) is 0.571. The van der Waals surface area contributed by atoms with Gasteiger partial charge < -0.3 is 10.1 Å². The first-order chi connectivity index (χ1) is 9.49. The molecule has 0 atom stereocenters. The number of alkyl halides is 5. The molecule has 0 saturated heterocycles. The highest BCUT2D eigenvalue weighted by atomic mass is 19.4. The largest absolute Gasteiger partial charge is 0.487 e. The third-order valence-corrected chi connectivity index (χ3v) is 2.54. The molecule has 0 bridgehead atoms. The van der Waals surface area contributed by atoms with Crippen molar-refractivity contribution in [1.82, 2.24) is 5.32 Å². The second kappa shape index (κ2) is 6.60. The van der Waals surface area contributed by atoms with Gasteiger partial charge in [-0.25, -0.2) is 8.78 Å². The van der Waals surface area contributed by atoms with Gasteiger partial charge in [0.15, 0.2) is 0 Å². The highest BCUT2D eigenvalue weighted by molar-refractivity contribution is 5.39. The molecule has 0 unspecified atom stereocenters. The Morgan fingerprint density at radius 2 is 1.76 bits per heavy atom. The predicted octanol–water partition coefficient (Wildman–Crippen LogP) is 4.24. The Bertz CT molecular complexity index is 465. The Labute approximate surface area is 120 Å². The van der Waals surface area contributed by atoms with Gasteiger partial charge in [0, 0.05) is 12.1 Å². The second-order valence-corrected chi connectivity index (χ2v) is 5.63. The van der Waals surface area contributed by atoms with Gasteiger partial charge in [0.25, 0.3) is 6.43 Å². The fourth-order valence-electron chi connectivity index (χ4n) is 1.55. The van der Waals surface area contributed by atoms with Crippen LogP contribution >= 0.6 is 0 Å². The number of hydrogen-bond acceptors (Lipinski definition) is 2. The summed E-state index contributed by atoms with van der Waals surface area (Å²) >= 11 is 0. The Morgan fingerprint density at radius 1 is 1.14 bits per heavy atom. The van der Waals surface area contributed by atoms with Gasteiger partial charge in [-0.2, -0.15) is 13.2 Å². The molecule has 21 heavy (non-hydrogen) atoms. The van der Waals surface area contributed by atoms with Crippen LogP contribution in [0.4, 0.5) is 22.0 Å². The first-order valence-electron chi connectivity index (χ1n) is 6.35. The number of halogens is 5. The number of ether oxygens (including phenoxy) is 1. The van der Waals surface area contributed by atoms with Gasteiger partial charge in [0.2, 0.25) is 0 Å². The Kier molecular flexibility index (Phi) is 5.55. The zero-order valence-corrected chi connectivity index (χ0v) is 12.0. The van der Waals surface area contributed by atoms with Crippen LogP contribution in [-0.2, 0) is 12.7 Å². The maximum atomic E-state index is 12.9. The van der Waals surface area contributed by atoms with E-state index in [9.17, 15) is 22.0 Å². The highest BCUT2D eigenvalue weighted by Crippen LogP contribution is 2.37. The molecule has 0 aromatic heterocycles. The van der Waals surface area contributed by atoms with Crippen molar-refractivity contribution in [1.29, 1.82) is 0 Å². The van der Waals surface area contributed by atoms with Gasteiger partial charge in [0.05, 0.1) is 5.56 Å². The zero-order chi connectivity index (χ0) is 16.3. The van der Waals surface area contributed by atoms with E-state index in [1.54, 1.807) is 0 Å². The quantitative estimate of drug-likeness (QED) is 0.821. The van der Waals surface area contributed by atoms with Crippen molar-refractivity contribution in [2.45, 2.75) is 45.5 Å². The van der Waals surface area contributed by atoms with E-state index in [1.165, 1.54) is 6.07 Å². The molecule has 0 aliphatic heterocycles. The molecule has 0 amide bonds. The van der Waals surface area contributed by atoms with Crippen molar-refractivity contribution in [3.8, 4) is 5.75 Å². The van der Waals surface area contributed by atoms with E-state index in [0.29, 0.717) is 5.56 Å². The monoisotopic (exact) mass is 311 g/mol. The summed E-state index contributed by atoms with van der Waals surface area (Å²) in [6, 6.07) is 3.42. The van der Waals surface area contributed by atoms with Gasteiger partial charge in [-0.3, -0.25) is 0 Å². The standard InChI is InChI=1S/C14H18F5NO/c1-13(2,3)20-7-9-4-5-11(21-8-12(15)16)10(6-9)14(17,18)19/h4-6,12,20H,7-8H2,1-3H3. The van der Waals surface area contributed by atoms with Crippen LogP contribution in [0.15, 0.2) is 18.2 Å². The lowest BCUT2D eigenvalue weighted by Crippen LogP contribution is -2.35. The van der Waals surface area contributed by atoms with Crippen LogP contribution in [0.5, 0.6) is 5.75 Å². The minimum Gasteiger partial charge on any atom is -0.487 e. The average Bonchev–Trinajstić information content (AvgIpc) is 2.32. The lowest BCUT2D eigenvalue weighted by Gasteiger charge is -2.21. The lowest BCUT2D eigenvalue weighted by molar-refractivity contribution is -0.139. The zero-order valence-electron chi connectivity index (χ0n) is 12.0. The van der Waals surface area contributed by atoms with Crippen LogP contribution in [0.2, 0.25) is 0 Å². The molecular weight excluding hydrogens is 293 g/mol. The third-order valence-electron chi connectivity index (χ3n) is 2.54. The maximum Gasteiger partial charge on any atom is 0.419 e. The molecule has 7 heteroatoms. The molecule has 1 aromatic carbocycles. The normalized spacial score (nSPS) is 12.8. The summed E-state index contributed by atoms with van der Waals surface area (Å²) in [5.74, 6) is -0.581. The Balaban J connectivity index is 2.96. The first kappa shape index (κ1) is 17.7. The van der Waals surface area contributed by atoms with Gasteiger partial charge in [-0.05, 0) is 38.5 Å². The maximum absolute atomic E-state index is 12.9. The highest BCUT2D eigenvalue weighted by Gasteiger charge is 2.35. The molecule has 0 radical (unpaired) electrons. The summed E-state index contributed by atoms with van der Waals surface area (Å²) < 4.78 is 67.5. The number of hydrogen-bond donors (Lipinski definition) is 1. The predicted molar refractivity (Wildman–Crippen MR) is 69.5 cm³/mol. The molecule has 0 aliphatic rings. The summed E-state index contributed by atoms with van der Waals surface area (Å²) in [6.45, 7) is 4.83. The molecule has 1 N–H and O–H groups in total.